The Balaban J connectivity index is 1.46. The molecule has 0 aliphatic carbocycles. The predicted octanol–water partition coefficient (Wildman–Crippen LogP) is 3.87. The van der Waals surface area contributed by atoms with Gasteiger partial charge in [-0.3, -0.25) is 0 Å². The molecule has 0 spiro atoms. The van der Waals surface area contributed by atoms with Crippen molar-refractivity contribution in [1.29, 1.82) is 0 Å². The summed E-state index contributed by atoms with van der Waals surface area (Å²) in [7, 11) is 0. The van der Waals surface area contributed by atoms with Crippen molar-refractivity contribution < 1.29 is 0 Å². The Hall–Kier alpha value is -1.84. The molecule has 0 saturated heterocycles. The Kier molecular flexibility index (Phi) is 4.53. The van der Waals surface area contributed by atoms with Crippen LogP contribution >= 0.6 is 11.6 Å². The van der Waals surface area contributed by atoms with E-state index in [4.69, 9.17) is 11.6 Å². The lowest BCUT2D eigenvalue weighted by Gasteiger charge is -2.07. The average Bonchev–Trinajstić information content (AvgIpc) is 2.90. The fraction of sp³-hybridized carbons (Fsp3) is 0.235. The number of hydrogen-bond donors (Lipinski definition) is 1. The average molecular weight is 300 g/mol. The van der Waals surface area contributed by atoms with E-state index in [1.165, 1.54) is 11.1 Å². The van der Waals surface area contributed by atoms with Gasteiger partial charge in [-0.05, 0) is 42.8 Å². The Bertz CT molecular complexity index is 721. The molecule has 4 heteroatoms. The molecule has 3 rings (SSSR count). The Morgan fingerprint density at radius 1 is 1.10 bits per heavy atom. The molecule has 0 unspecified atom stereocenters. The van der Waals surface area contributed by atoms with Crippen LogP contribution in [0.3, 0.4) is 0 Å². The minimum Gasteiger partial charge on any atom is -0.331 e. The normalized spacial score (nSPS) is 11.1. The lowest BCUT2D eigenvalue weighted by atomic mass is 10.2. The van der Waals surface area contributed by atoms with Gasteiger partial charge < -0.3 is 9.88 Å². The third-order valence-corrected chi connectivity index (χ3v) is 3.73. The fourth-order valence-electron chi connectivity index (χ4n) is 2.44. The van der Waals surface area contributed by atoms with Crippen LogP contribution in [-0.2, 0) is 13.1 Å². The van der Waals surface area contributed by atoms with Crippen molar-refractivity contribution >= 4 is 22.6 Å². The van der Waals surface area contributed by atoms with E-state index in [0.717, 1.165) is 36.6 Å². The Morgan fingerprint density at radius 3 is 2.90 bits per heavy atom. The SMILES string of the molecule is Clc1cccc(CNCCCn2cnc3ccccc32)c1. The number of aromatic nitrogens is 2. The predicted molar refractivity (Wildman–Crippen MR) is 87.5 cm³/mol. The summed E-state index contributed by atoms with van der Waals surface area (Å²) in [6, 6.07) is 16.2. The maximum atomic E-state index is 5.97. The zero-order valence-corrected chi connectivity index (χ0v) is 12.6. The third-order valence-electron chi connectivity index (χ3n) is 3.50. The zero-order valence-electron chi connectivity index (χ0n) is 11.8. The minimum atomic E-state index is 0.791. The van der Waals surface area contributed by atoms with Gasteiger partial charge in [-0.25, -0.2) is 4.98 Å². The molecule has 0 fully saturated rings. The van der Waals surface area contributed by atoms with Crippen molar-refractivity contribution in [2.24, 2.45) is 0 Å². The van der Waals surface area contributed by atoms with Crippen LogP contribution in [0, 0.1) is 0 Å². The number of halogens is 1. The lowest BCUT2D eigenvalue weighted by molar-refractivity contribution is 0.588. The van der Waals surface area contributed by atoms with Crippen molar-refractivity contribution in [3.05, 3.63) is 65.4 Å². The first-order valence-electron chi connectivity index (χ1n) is 7.18. The van der Waals surface area contributed by atoms with Gasteiger partial charge in [-0.2, -0.15) is 0 Å². The molecule has 0 aliphatic rings. The van der Waals surface area contributed by atoms with Gasteiger partial charge >= 0.3 is 0 Å². The van der Waals surface area contributed by atoms with Gasteiger partial charge in [0.2, 0.25) is 0 Å². The van der Waals surface area contributed by atoms with Gasteiger partial charge in [-0.1, -0.05) is 35.9 Å². The van der Waals surface area contributed by atoms with Crippen LogP contribution in [0.4, 0.5) is 0 Å². The monoisotopic (exact) mass is 299 g/mol. The smallest absolute Gasteiger partial charge is 0.0958 e. The summed E-state index contributed by atoms with van der Waals surface area (Å²) in [5, 5.41) is 4.24. The van der Waals surface area contributed by atoms with E-state index < -0.39 is 0 Å². The van der Waals surface area contributed by atoms with Crippen LogP contribution in [0.15, 0.2) is 54.9 Å². The number of para-hydroxylation sites is 2. The minimum absolute atomic E-state index is 0.791. The molecule has 2 aromatic carbocycles. The summed E-state index contributed by atoms with van der Waals surface area (Å²) in [6.45, 7) is 2.80. The molecule has 3 aromatic rings. The van der Waals surface area contributed by atoms with Gasteiger partial charge in [0.15, 0.2) is 0 Å². The van der Waals surface area contributed by atoms with Crippen LogP contribution in [0.2, 0.25) is 5.02 Å². The van der Waals surface area contributed by atoms with E-state index >= 15 is 0 Å². The number of aryl methyl sites for hydroxylation is 1. The maximum Gasteiger partial charge on any atom is 0.0958 e. The van der Waals surface area contributed by atoms with Gasteiger partial charge in [-0.15, -0.1) is 0 Å². The number of rotatable bonds is 6. The second-order valence-electron chi connectivity index (χ2n) is 5.09. The molecule has 1 N–H and O–H groups in total. The van der Waals surface area contributed by atoms with Crippen molar-refractivity contribution in [3.8, 4) is 0 Å². The molecule has 108 valence electrons. The summed E-state index contributed by atoms with van der Waals surface area (Å²) in [4.78, 5) is 4.40. The number of benzene rings is 2. The Labute approximate surface area is 129 Å². The number of nitrogens with zero attached hydrogens (tertiary/aromatic N) is 2. The molecule has 3 nitrogen and oxygen atoms in total. The van der Waals surface area contributed by atoms with Gasteiger partial charge in [0, 0.05) is 18.1 Å². The van der Waals surface area contributed by atoms with Crippen LogP contribution in [0.5, 0.6) is 0 Å². The van der Waals surface area contributed by atoms with E-state index in [1.807, 2.05) is 36.7 Å². The molecule has 0 saturated carbocycles. The fourth-order valence-corrected chi connectivity index (χ4v) is 2.66. The summed E-state index contributed by atoms with van der Waals surface area (Å²) in [5.74, 6) is 0. The third kappa shape index (κ3) is 3.63. The molecule has 0 atom stereocenters. The highest BCUT2D eigenvalue weighted by Crippen LogP contribution is 2.12. The highest BCUT2D eigenvalue weighted by atomic mass is 35.5. The summed E-state index contributed by atoms with van der Waals surface area (Å²) < 4.78 is 2.20. The second-order valence-corrected chi connectivity index (χ2v) is 5.52. The number of hydrogen-bond acceptors (Lipinski definition) is 2. The molecule has 0 bridgehead atoms. The number of nitrogens with one attached hydrogen (secondary N) is 1. The number of fused-ring (bicyclic) bond motifs is 1. The molecule has 21 heavy (non-hydrogen) atoms. The van der Waals surface area contributed by atoms with Crippen LogP contribution in [-0.4, -0.2) is 16.1 Å². The van der Waals surface area contributed by atoms with E-state index in [1.54, 1.807) is 0 Å². The standard InChI is InChI=1S/C17H18ClN3/c18-15-6-3-5-14(11-15)12-19-9-4-10-21-13-20-16-7-1-2-8-17(16)21/h1-3,5-8,11,13,19H,4,9-10,12H2. The molecule has 1 heterocycles. The highest BCUT2D eigenvalue weighted by Gasteiger charge is 2.00. The van der Waals surface area contributed by atoms with E-state index in [0.29, 0.717) is 0 Å². The first kappa shape index (κ1) is 14.1. The first-order valence-corrected chi connectivity index (χ1v) is 7.56. The molecule has 0 amide bonds. The van der Waals surface area contributed by atoms with Crippen molar-refractivity contribution in [1.82, 2.24) is 14.9 Å². The van der Waals surface area contributed by atoms with Crippen molar-refractivity contribution in [2.75, 3.05) is 6.54 Å². The van der Waals surface area contributed by atoms with Gasteiger partial charge in [0.1, 0.15) is 0 Å². The maximum absolute atomic E-state index is 5.97. The Morgan fingerprint density at radius 2 is 2.00 bits per heavy atom. The molecular weight excluding hydrogens is 282 g/mol. The zero-order chi connectivity index (χ0) is 14.5. The first-order chi connectivity index (χ1) is 10.3. The van der Waals surface area contributed by atoms with Crippen LogP contribution in [0.25, 0.3) is 11.0 Å². The second kappa shape index (κ2) is 6.74. The van der Waals surface area contributed by atoms with Gasteiger partial charge in [0.25, 0.3) is 0 Å². The van der Waals surface area contributed by atoms with Crippen molar-refractivity contribution in [3.63, 3.8) is 0 Å². The highest BCUT2D eigenvalue weighted by molar-refractivity contribution is 6.30. The summed E-state index contributed by atoms with van der Waals surface area (Å²) in [6.07, 6.45) is 2.99. The molecule has 0 aliphatic heterocycles. The lowest BCUT2D eigenvalue weighted by Crippen LogP contribution is -2.16. The van der Waals surface area contributed by atoms with Crippen LogP contribution in [0.1, 0.15) is 12.0 Å². The quantitative estimate of drug-likeness (QED) is 0.700. The summed E-state index contributed by atoms with van der Waals surface area (Å²) in [5.41, 5.74) is 3.48. The largest absolute Gasteiger partial charge is 0.331 e. The van der Waals surface area contributed by atoms with Crippen molar-refractivity contribution in [2.45, 2.75) is 19.5 Å². The summed E-state index contributed by atoms with van der Waals surface area (Å²) >= 11 is 5.97. The van der Waals surface area contributed by atoms with E-state index in [2.05, 4.69) is 33.1 Å². The molecule has 1 aromatic heterocycles. The van der Waals surface area contributed by atoms with E-state index in [-0.39, 0.29) is 0 Å². The molecular formula is C17H18ClN3. The number of imidazole rings is 1. The van der Waals surface area contributed by atoms with Crippen LogP contribution < -0.4 is 5.32 Å². The van der Waals surface area contributed by atoms with E-state index in [9.17, 15) is 0 Å². The topological polar surface area (TPSA) is 29.9 Å². The van der Waals surface area contributed by atoms with Gasteiger partial charge in [0.05, 0.1) is 17.4 Å². The molecule has 0 radical (unpaired) electrons.